The van der Waals surface area contributed by atoms with Crippen LogP contribution in [0.1, 0.15) is 25.5 Å². The Bertz CT molecular complexity index is 666. The van der Waals surface area contributed by atoms with Gasteiger partial charge in [0.2, 0.25) is 11.6 Å². The largest absolute Gasteiger partial charge is 0.467 e. The van der Waals surface area contributed by atoms with Gasteiger partial charge in [0.25, 0.3) is 0 Å². The maximum absolute atomic E-state index is 11.5. The Morgan fingerprint density at radius 1 is 1.43 bits per heavy atom. The second-order valence-electron chi connectivity index (χ2n) is 5.75. The Kier molecular flexibility index (Phi) is 4.40. The lowest BCUT2D eigenvalue weighted by Crippen LogP contribution is -2.34. The third-order valence-corrected chi connectivity index (χ3v) is 4.08. The van der Waals surface area contributed by atoms with Crippen molar-refractivity contribution in [3.05, 3.63) is 40.6 Å². The molecule has 0 aliphatic carbocycles. The second-order valence-corrected chi connectivity index (χ2v) is 5.75. The summed E-state index contributed by atoms with van der Waals surface area (Å²) < 4.78 is 5.23. The molecule has 1 aliphatic heterocycles. The van der Waals surface area contributed by atoms with Crippen molar-refractivity contribution in [1.29, 1.82) is 0 Å². The second kappa shape index (κ2) is 6.64. The number of hydrogen-bond acceptors (Lipinski definition) is 7. The number of nitrogens with one attached hydrogen (secondary N) is 1. The maximum atomic E-state index is 11.5. The number of nitrogens with zero attached hydrogens (tertiary/aromatic N) is 4. The Labute approximate surface area is 133 Å². The molecule has 3 rings (SSSR count). The molecule has 1 fully saturated rings. The van der Waals surface area contributed by atoms with Crippen LogP contribution in [0.4, 0.5) is 17.3 Å². The molecule has 122 valence electrons. The van der Waals surface area contributed by atoms with Crippen molar-refractivity contribution in [3.8, 4) is 0 Å². The molecule has 0 saturated carbocycles. The van der Waals surface area contributed by atoms with Crippen LogP contribution in [0.5, 0.6) is 0 Å². The monoisotopic (exact) mass is 317 g/mol. The number of aromatic nitrogens is 2. The normalized spacial score (nSPS) is 15.6. The molecule has 0 atom stereocenters. The first-order valence-corrected chi connectivity index (χ1v) is 7.65. The van der Waals surface area contributed by atoms with Gasteiger partial charge in [-0.3, -0.25) is 10.1 Å². The predicted octanol–water partition coefficient (Wildman–Crippen LogP) is 2.83. The van der Waals surface area contributed by atoms with Crippen LogP contribution in [-0.2, 0) is 6.54 Å². The van der Waals surface area contributed by atoms with Crippen LogP contribution in [0.25, 0.3) is 0 Å². The smallest absolute Gasteiger partial charge is 0.353 e. The van der Waals surface area contributed by atoms with Crippen molar-refractivity contribution in [2.45, 2.75) is 26.3 Å². The van der Waals surface area contributed by atoms with E-state index in [1.807, 2.05) is 4.90 Å². The van der Waals surface area contributed by atoms with E-state index in [2.05, 4.69) is 22.2 Å². The highest BCUT2D eigenvalue weighted by Crippen LogP contribution is 2.34. The average Bonchev–Trinajstić information content (AvgIpc) is 3.06. The van der Waals surface area contributed by atoms with Gasteiger partial charge in [0.15, 0.2) is 0 Å². The minimum Gasteiger partial charge on any atom is -0.467 e. The Balaban J connectivity index is 1.84. The van der Waals surface area contributed by atoms with Gasteiger partial charge in [0.05, 0.1) is 17.7 Å². The van der Waals surface area contributed by atoms with E-state index >= 15 is 0 Å². The minimum absolute atomic E-state index is 0.0754. The first-order valence-electron chi connectivity index (χ1n) is 7.65. The van der Waals surface area contributed by atoms with E-state index in [4.69, 9.17) is 4.42 Å². The van der Waals surface area contributed by atoms with E-state index in [1.165, 1.54) is 6.33 Å². The lowest BCUT2D eigenvalue weighted by molar-refractivity contribution is -0.383. The van der Waals surface area contributed by atoms with Crippen molar-refractivity contribution >= 4 is 17.3 Å². The number of piperidine rings is 1. The molecular weight excluding hydrogens is 298 g/mol. The molecule has 0 bridgehead atoms. The quantitative estimate of drug-likeness (QED) is 0.669. The van der Waals surface area contributed by atoms with Gasteiger partial charge in [-0.2, -0.15) is 0 Å². The molecule has 1 saturated heterocycles. The van der Waals surface area contributed by atoms with Gasteiger partial charge < -0.3 is 14.6 Å². The van der Waals surface area contributed by atoms with Crippen LogP contribution >= 0.6 is 0 Å². The van der Waals surface area contributed by atoms with Crippen molar-refractivity contribution in [2.24, 2.45) is 5.92 Å². The molecule has 0 radical (unpaired) electrons. The van der Waals surface area contributed by atoms with Crippen molar-refractivity contribution in [3.63, 3.8) is 0 Å². The zero-order chi connectivity index (χ0) is 16.2. The molecule has 1 aliphatic rings. The van der Waals surface area contributed by atoms with E-state index in [0.717, 1.165) is 25.9 Å². The summed E-state index contributed by atoms with van der Waals surface area (Å²) in [6.07, 6.45) is 4.95. The van der Waals surface area contributed by atoms with Gasteiger partial charge in [-0.15, -0.1) is 0 Å². The summed E-state index contributed by atoms with van der Waals surface area (Å²) in [5.74, 6) is 1.93. The van der Waals surface area contributed by atoms with Crippen molar-refractivity contribution in [2.75, 3.05) is 23.3 Å². The van der Waals surface area contributed by atoms with Gasteiger partial charge in [-0.05, 0) is 30.9 Å². The SMILES string of the molecule is CC1CCN(c2ncnc(NCc3ccco3)c2[N+](=O)[O-])CC1. The molecule has 0 spiro atoms. The fourth-order valence-electron chi connectivity index (χ4n) is 2.70. The molecule has 0 unspecified atom stereocenters. The molecule has 0 aromatic carbocycles. The molecule has 1 N–H and O–H groups in total. The van der Waals surface area contributed by atoms with Crippen LogP contribution in [-0.4, -0.2) is 28.0 Å². The standard InChI is InChI=1S/C15H19N5O3/c1-11-4-6-19(7-5-11)15-13(20(21)22)14(17-10-18-15)16-9-12-3-2-8-23-12/h2-3,8,10-11H,4-7,9H2,1H3,(H,16,17,18). The Morgan fingerprint density at radius 3 is 2.87 bits per heavy atom. The summed E-state index contributed by atoms with van der Waals surface area (Å²) in [4.78, 5) is 21.3. The molecule has 0 amide bonds. The molecule has 3 heterocycles. The maximum Gasteiger partial charge on any atom is 0.353 e. The summed E-state index contributed by atoms with van der Waals surface area (Å²) >= 11 is 0. The van der Waals surface area contributed by atoms with Crippen molar-refractivity contribution in [1.82, 2.24) is 9.97 Å². The minimum atomic E-state index is -0.419. The van der Waals surface area contributed by atoms with E-state index in [1.54, 1.807) is 18.4 Å². The van der Waals surface area contributed by atoms with E-state index < -0.39 is 4.92 Å². The zero-order valence-corrected chi connectivity index (χ0v) is 12.9. The highest BCUT2D eigenvalue weighted by atomic mass is 16.6. The summed E-state index contributed by atoms with van der Waals surface area (Å²) in [5.41, 5.74) is -0.0754. The molecule has 2 aromatic heterocycles. The molecule has 2 aromatic rings. The Hall–Kier alpha value is -2.64. The first kappa shape index (κ1) is 15.3. The lowest BCUT2D eigenvalue weighted by Gasteiger charge is -2.30. The number of anilines is 2. The summed E-state index contributed by atoms with van der Waals surface area (Å²) in [5, 5.41) is 14.5. The molecular formula is C15H19N5O3. The summed E-state index contributed by atoms with van der Waals surface area (Å²) in [6, 6.07) is 3.57. The van der Waals surface area contributed by atoms with Crippen molar-refractivity contribution < 1.29 is 9.34 Å². The fraction of sp³-hybridized carbons (Fsp3) is 0.467. The van der Waals surface area contributed by atoms with E-state index in [9.17, 15) is 10.1 Å². The van der Waals surface area contributed by atoms with E-state index in [0.29, 0.717) is 24.0 Å². The van der Waals surface area contributed by atoms with Gasteiger partial charge >= 0.3 is 5.69 Å². The number of hydrogen-bond donors (Lipinski definition) is 1. The van der Waals surface area contributed by atoms with Gasteiger partial charge in [0, 0.05) is 13.1 Å². The van der Waals surface area contributed by atoms with Gasteiger partial charge in [-0.25, -0.2) is 9.97 Å². The molecule has 8 nitrogen and oxygen atoms in total. The topological polar surface area (TPSA) is 97.3 Å². The molecule has 8 heteroatoms. The third kappa shape index (κ3) is 3.41. The third-order valence-electron chi connectivity index (χ3n) is 4.08. The number of furan rings is 1. The predicted molar refractivity (Wildman–Crippen MR) is 85.3 cm³/mol. The highest BCUT2D eigenvalue weighted by molar-refractivity contribution is 5.70. The average molecular weight is 317 g/mol. The highest BCUT2D eigenvalue weighted by Gasteiger charge is 2.28. The number of rotatable bonds is 5. The summed E-state index contributed by atoms with van der Waals surface area (Å²) in [7, 11) is 0. The number of nitro groups is 1. The molecule has 23 heavy (non-hydrogen) atoms. The van der Waals surface area contributed by atoms with Crippen LogP contribution in [0.3, 0.4) is 0 Å². The zero-order valence-electron chi connectivity index (χ0n) is 12.9. The van der Waals surface area contributed by atoms with E-state index in [-0.39, 0.29) is 11.5 Å². The van der Waals surface area contributed by atoms with Crippen LogP contribution in [0, 0.1) is 16.0 Å². The van der Waals surface area contributed by atoms with Crippen LogP contribution < -0.4 is 10.2 Å². The van der Waals surface area contributed by atoms with Crippen LogP contribution in [0.2, 0.25) is 0 Å². The lowest BCUT2D eigenvalue weighted by atomic mass is 9.99. The van der Waals surface area contributed by atoms with Gasteiger partial charge in [-0.1, -0.05) is 6.92 Å². The summed E-state index contributed by atoms with van der Waals surface area (Å²) in [6.45, 7) is 4.08. The van der Waals surface area contributed by atoms with Gasteiger partial charge in [0.1, 0.15) is 12.1 Å². The Morgan fingerprint density at radius 2 is 2.22 bits per heavy atom. The first-order chi connectivity index (χ1) is 11.1. The van der Waals surface area contributed by atoms with Crippen LogP contribution in [0.15, 0.2) is 29.1 Å². The fourth-order valence-corrected chi connectivity index (χ4v) is 2.70.